The normalized spacial score (nSPS) is 19.3. The van der Waals surface area contributed by atoms with E-state index < -0.39 is 5.60 Å². The first-order valence-corrected chi connectivity index (χ1v) is 7.61. The second-order valence-corrected chi connectivity index (χ2v) is 6.14. The molecule has 2 aromatic rings. The topological polar surface area (TPSA) is 32.3 Å². The van der Waals surface area contributed by atoms with E-state index in [2.05, 4.69) is 54.7 Å². The molecule has 3 rings (SSSR count). The zero-order chi connectivity index (χ0) is 14.0. The van der Waals surface area contributed by atoms with Gasteiger partial charge in [0.15, 0.2) is 0 Å². The van der Waals surface area contributed by atoms with Crippen molar-refractivity contribution in [1.82, 2.24) is 5.32 Å². The summed E-state index contributed by atoms with van der Waals surface area (Å²) in [6, 6.07) is 15.3. The molecule has 2 aromatic carbocycles. The Labute approximate surface area is 120 Å². The van der Waals surface area contributed by atoms with E-state index in [9.17, 15) is 5.11 Å². The number of aliphatic hydroxyl groups is 1. The van der Waals surface area contributed by atoms with Gasteiger partial charge in [-0.2, -0.15) is 0 Å². The first-order valence-electron chi connectivity index (χ1n) is 7.61. The van der Waals surface area contributed by atoms with E-state index in [1.807, 2.05) is 0 Å². The van der Waals surface area contributed by atoms with E-state index in [1.54, 1.807) is 0 Å². The van der Waals surface area contributed by atoms with Gasteiger partial charge in [0.05, 0.1) is 5.60 Å². The standard InChI is InChI=1S/C18H23NO/c1-14(19-13-18(20)10-4-5-11-18)16-9-8-15-6-2-3-7-17(15)12-16/h2-3,6-9,12,14,19-20H,4-5,10-11,13H2,1H3. The number of hydrogen-bond donors (Lipinski definition) is 2. The third-order valence-corrected chi connectivity index (χ3v) is 4.55. The van der Waals surface area contributed by atoms with Crippen molar-refractivity contribution in [2.75, 3.05) is 6.54 Å². The van der Waals surface area contributed by atoms with Crippen molar-refractivity contribution < 1.29 is 5.11 Å². The molecule has 1 unspecified atom stereocenters. The molecule has 1 aliphatic carbocycles. The summed E-state index contributed by atoms with van der Waals surface area (Å²) in [5.41, 5.74) is 0.802. The van der Waals surface area contributed by atoms with Crippen LogP contribution in [0.2, 0.25) is 0 Å². The molecule has 2 nitrogen and oxygen atoms in total. The lowest BCUT2D eigenvalue weighted by Crippen LogP contribution is -2.39. The first kappa shape index (κ1) is 13.6. The molecular weight excluding hydrogens is 246 g/mol. The van der Waals surface area contributed by atoms with E-state index in [0.717, 1.165) is 25.7 Å². The van der Waals surface area contributed by atoms with Gasteiger partial charge in [0.1, 0.15) is 0 Å². The smallest absolute Gasteiger partial charge is 0.0771 e. The third kappa shape index (κ3) is 2.87. The SMILES string of the molecule is CC(NCC1(O)CCCC1)c1ccc2ccccc2c1. The Morgan fingerprint density at radius 3 is 2.55 bits per heavy atom. The summed E-state index contributed by atoms with van der Waals surface area (Å²) < 4.78 is 0. The van der Waals surface area contributed by atoms with Crippen molar-refractivity contribution in [2.24, 2.45) is 0 Å². The van der Waals surface area contributed by atoms with Crippen LogP contribution >= 0.6 is 0 Å². The fourth-order valence-corrected chi connectivity index (χ4v) is 3.15. The largest absolute Gasteiger partial charge is 0.389 e. The van der Waals surface area contributed by atoms with Gasteiger partial charge in [-0.3, -0.25) is 0 Å². The number of hydrogen-bond acceptors (Lipinski definition) is 2. The van der Waals surface area contributed by atoms with Gasteiger partial charge in [-0.15, -0.1) is 0 Å². The van der Waals surface area contributed by atoms with Gasteiger partial charge in [0, 0.05) is 12.6 Å². The molecule has 0 heterocycles. The summed E-state index contributed by atoms with van der Waals surface area (Å²) in [5, 5.41) is 16.4. The van der Waals surface area contributed by atoms with Gasteiger partial charge in [-0.25, -0.2) is 0 Å². The van der Waals surface area contributed by atoms with Crippen molar-refractivity contribution in [1.29, 1.82) is 0 Å². The molecule has 1 fully saturated rings. The van der Waals surface area contributed by atoms with Crippen LogP contribution in [-0.4, -0.2) is 17.3 Å². The zero-order valence-corrected chi connectivity index (χ0v) is 12.1. The molecule has 0 saturated heterocycles. The molecule has 0 amide bonds. The summed E-state index contributed by atoms with van der Waals surface area (Å²) >= 11 is 0. The van der Waals surface area contributed by atoms with Crippen LogP contribution in [0.4, 0.5) is 0 Å². The lowest BCUT2D eigenvalue weighted by atomic mass is 10.00. The Bertz CT molecular complexity index is 587. The molecule has 0 spiro atoms. The Balaban J connectivity index is 1.70. The minimum atomic E-state index is -0.481. The molecule has 106 valence electrons. The summed E-state index contributed by atoms with van der Waals surface area (Å²) in [6.07, 6.45) is 4.18. The summed E-state index contributed by atoms with van der Waals surface area (Å²) in [5.74, 6) is 0. The van der Waals surface area contributed by atoms with Crippen molar-refractivity contribution in [2.45, 2.75) is 44.2 Å². The fraction of sp³-hybridized carbons (Fsp3) is 0.444. The third-order valence-electron chi connectivity index (χ3n) is 4.55. The minimum Gasteiger partial charge on any atom is -0.389 e. The molecule has 1 aliphatic rings. The Morgan fingerprint density at radius 2 is 1.80 bits per heavy atom. The highest BCUT2D eigenvalue weighted by atomic mass is 16.3. The summed E-state index contributed by atoms with van der Waals surface area (Å²) in [4.78, 5) is 0. The number of rotatable bonds is 4. The minimum absolute atomic E-state index is 0.268. The molecule has 2 N–H and O–H groups in total. The van der Waals surface area contributed by atoms with Crippen molar-refractivity contribution >= 4 is 10.8 Å². The molecule has 2 heteroatoms. The molecule has 20 heavy (non-hydrogen) atoms. The van der Waals surface area contributed by atoms with Gasteiger partial charge < -0.3 is 10.4 Å². The highest BCUT2D eigenvalue weighted by molar-refractivity contribution is 5.83. The molecule has 0 bridgehead atoms. The molecule has 0 aliphatic heterocycles. The van der Waals surface area contributed by atoms with E-state index in [4.69, 9.17) is 0 Å². The lowest BCUT2D eigenvalue weighted by Gasteiger charge is -2.25. The van der Waals surface area contributed by atoms with E-state index in [0.29, 0.717) is 6.54 Å². The molecular formula is C18H23NO. The maximum absolute atomic E-state index is 10.4. The highest BCUT2D eigenvalue weighted by Gasteiger charge is 2.30. The van der Waals surface area contributed by atoms with E-state index >= 15 is 0 Å². The van der Waals surface area contributed by atoms with Gasteiger partial charge in [0.25, 0.3) is 0 Å². The van der Waals surface area contributed by atoms with Gasteiger partial charge in [0.2, 0.25) is 0 Å². The molecule has 0 aromatic heterocycles. The van der Waals surface area contributed by atoms with Crippen molar-refractivity contribution in [3.05, 3.63) is 48.0 Å². The van der Waals surface area contributed by atoms with Gasteiger partial charge >= 0.3 is 0 Å². The molecule has 0 radical (unpaired) electrons. The van der Waals surface area contributed by atoms with Crippen LogP contribution in [0.15, 0.2) is 42.5 Å². The number of nitrogens with one attached hydrogen (secondary N) is 1. The predicted octanol–water partition coefficient (Wildman–Crippen LogP) is 3.80. The van der Waals surface area contributed by atoms with Crippen molar-refractivity contribution in [3.63, 3.8) is 0 Å². The second-order valence-electron chi connectivity index (χ2n) is 6.14. The Morgan fingerprint density at radius 1 is 1.10 bits per heavy atom. The quantitative estimate of drug-likeness (QED) is 0.885. The average molecular weight is 269 g/mol. The number of benzene rings is 2. The van der Waals surface area contributed by atoms with Crippen LogP contribution in [0.5, 0.6) is 0 Å². The Kier molecular flexibility index (Phi) is 3.77. The Hall–Kier alpha value is -1.38. The predicted molar refractivity (Wildman–Crippen MR) is 83.8 cm³/mol. The highest BCUT2D eigenvalue weighted by Crippen LogP contribution is 2.29. The number of fused-ring (bicyclic) bond motifs is 1. The maximum atomic E-state index is 10.4. The maximum Gasteiger partial charge on any atom is 0.0771 e. The average Bonchev–Trinajstić information content (AvgIpc) is 2.91. The zero-order valence-electron chi connectivity index (χ0n) is 12.1. The van der Waals surface area contributed by atoms with Gasteiger partial charge in [-0.05, 0) is 42.2 Å². The van der Waals surface area contributed by atoms with Crippen LogP contribution in [-0.2, 0) is 0 Å². The van der Waals surface area contributed by atoms with Crippen LogP contribution < -0.4 is 5.32 Å². The second kappa shape index (κ2) is 5.55. The summed E-state index contributed by atoms with van der Waals surface area (Å²) in [7, 11) is 0. The van der Waals surface area contributed by atoms with E-state index in [1.165, 1.54) is 16.3 Å². The first-order chi connectivity index (χ1) is 9.66. The van der Waals surface area contributed by atoms with Crippen LogP contribution in [0.1, 0.15) is 44.2 Å². The molecule has 1 atom stereocenters. The monoisotopic (exact) mass is 269 g/mol. The van der Waals surface area contributed by atoms with Crippen LogP contribution in [0, 0.1) is 0 Å². The summed E-state index contributed by atoms with van der Waals surface area (Å²) in [6.45, 7) is 2.86. The lowest BCUT2D eigenvalue weighted by molar-refractivity contribution is 0.0453. The van der Waals surface area contributed by atoms with Crippen LogP contribution in [0.3, 0.4) is 0 Å². The molecule has 1 saturated carbocycles. The van der Waals surface area contributed by atoms with E-state index in [-0.39, 0.29) is 6.04 Å². The fourth-order valence-electron chi connectivity index (χ4n) is 3.15. The van der Waals surface area contributed by atoms with Gasteiger partial charge in [-0.1, -0.05) is 49.2 Å². The van der Waals surface area contributed by atoms with Crippen LogP contribution in [0.25, 0.3) is 10.8 Å². The van der Waals surface area contributed by atoms with Crippen molar-refractivity contribution in [3.8, 4) is 0 Å².